The molecule has 0 unspecified atom stereocenters. The average Bonchev–Trinajstić information content (AvgIpc) is 2.69. The fourth-order valence-corrected chi connectivity index (χ4v) is 1.72. The molecule has 0 aliphatic rings. The summed E-state index contributed by atoms with van der Waals surface area (Å²) in [7, 11) is 0. The van der Waals surface area contributed by atoms with E-state index in [2.05, 4.69) is 35.1 Å². The van der Waals surface area contributed by atoms with E-state index in [-0.39, 0.29) is 5.41 Å². The Labute approximate surface area is 93.4 Å². The lowest BCUT2D eigenvalue weighted by Crippen LogP contribution is -2.12. The molecule has 0 radical (unpaired) electrons. The quantitative estimate of drug-likeness (QED) is 0.740. The summed E-state index contributed by atoms with van der Waals surface area (Å²) >= 11 is 1.41. The third kappa shape index (κ3) is 2.21. The Kier molecular flexibility index (Phi) is 2.52. The van der Waals surface area contributed by atoms with Gasteiger partial charge in [0.25, 0.3) is 0 Å². The van der Waals surface area contributed by atoms with Gasteiger partial charge in [-0.15, -0.1) is 0 Å². The van der Waals surface area contributed by atoms with Gasteiger partial charge in [-0.05, 0) is 28.6 Å². The Morgan fingerprint density at radius 1 is 1.13 bits per heavy atom. The summed E-state index contributed by atoms with van der Waals surface area (Å²) in [5.41, 5.74) is 1.25. The Bertz CT molecular complexity index is 426. The second-order valence-corrected chi connectivity index (χ2v) is 5.26. The summed E-state index contributed by atoms with van der Waals surface area (Å²) in [4.78, 5) is 9.70. The van der Waals surface area contributed by atoms with Gasteiger partial charge in [0.15, 0.2) is 5.82 Å². The molecule has 2 rings (SSSR count). The van der Waals surface area contributed by atoms with Crippen LogP contribution in [-0.4, -0.2) is 14.3 Å². The zero-order valence-electron chi connectivity index (χ0n) is 9.06. The minimum atomic E-state index is 0.103. The van der Waals surface area contributed by atoms with Crippen LogP contribution in [0.3, 0.4) is 0 Å². The van der Waals surface area contributed by atoms with Crippen LogP contribution < -0.4 is 0 Å². The second kappa shape index (κ2) is 3.70. The van der Waals surface area contributed by atoms with Crippen LogP contribution in [0.4, 0.5) is 0 Å². The maximum Gasteiger partial charge on any atom is 0.171 e. The van der Waals surface area contributed by atoms with E-state index in [1.54, 1.807) is 6.20 Å². The predicted molar refractivity (Wildman–Crippen MR) is 61.8 cm³/mol. The average molecular weight is 219 g/mol. The van der Waals surface area contributed by atoms with Crippen molar-refractivity contribution in [3.8, 4) is 10.7 Å². The van der Waals surface area contributed by atoms with Gasteiger partial charge >= 0.3 is 0 Å². The summed E-state index contributed by atoms with van der Waals surface area (Å²) < 4.78 is 4.03. The van der Waals surface area contributed by atoms with Gasteiger partial charge in [0, 0.05) is 18.6 Å². The van der Waals surface area contributed by atoms with Crippen LogP contribution in [0.2, 0.25) is 0 Å². The smallest absolute Gasteiger partial charge is 0.171 e. The standard InChI is InChI=1S/C11H13N3S/c1-11(2,3)8-6-12-10(13-7-8)9-4-5-14-15-9/h4-7H,1-3H3. The van der Waals surface area contributed by atoms with Crippen LogP contribution in [0.5, 0.6) is 0 Å². The first-order valence-electron chi connectivity index (χ1n) is 4.81. The van der Waals surface area contributed by atoms with Crippen LogP contribution in [0.1, 0.15) is 26.3 Å². The Hall–Kier alpha value is -1.29. The lowest BCUT2D eigenvalue weighted by molar-refractivity contribution is 0.584. The lowest BCUT2D eigenvalue weighted by atomic mass is 9.89. The number of hydrogen-bond acceptors (Lipinski definition) is 4. The van der Waals surface area contributed by atoms with E-state index in [0.29, 0.717) is 0 Å². The number of hydrogen-bond donors (Lipinski definition) is 0. The highest BCUT2D eigenvalue weighted by Crippen LogP contribution is 2.23. The molecule has 15 heavy (non-hydrogen) atoms. The van der Waals surface area contributed by atoms with E-state index in [0.717, 1.165) is 16.3 Å². The van der Waals surface area contributed by atoms with Gasteiger partial charge in [-0.1, -0.05) is 20.8 Å². The normalized spacial score (nSPS) is 11.7. The fourth-order valence-electron chi connectivity index (χ4n) is 1.17. The first-order chi connectivity index (χ1) is 7.07. The number of rotatable bonds is 1. The molecular weight excluding hydrogens is 206 g/mol. The van der Waals surface area contributed by atoms with E-state index < -0.39 is 0 Å². The van der Waals surface area contributed by atoms with Gasteiger partial charge in [0.1, 0.15) is 0 Å². The molecule has 0 aromatic carbocycles. The number of nitrogens with zero attached hydrogens (tertiary/aromatic N) is 3. The van der Waals surface area contributed by atoms with Crippen LogP contribution in [-0.2, 0) is 5.41 Å². The van der Waals surface area contributed by atoms with Gasteiger partial charge in [-0.25, -0.2) is 14.3 Å². The van der Waals surface area contributed by atoms with Crippen LogP contribution in [0.15, 0.2) is 24.7 Å². The molecule has 0 aliphatic heterocycles. The molecule has 2 heterocycles. The van der Waals surface area contributed by atoms with Crippen molar-refractivity contribution >= 4 is 11.5 Å². The Morgan fingerprint density at radius 2 is 1.80 bits per heavy atom. The van der Waals surface area contributed by atoms with Crippen LogP contribution in [0.25, 0.3) is 10.7 Å². The zero-order valence-corrected chi connectivity index (χ0v) is 9.88. The third-order valence-electron chi connectivity index (χ3n) is 2.18. The zero-order chi connectivity index (χ0) is 10.9. The minimum absolute atomic E-state index is 0.103. The molecule has 0 spiro atoms. The van der Waals surface area contributed by atoms with Gasteiger partial charge in [0.05, 0.1) is 4.88 Å². The largest absolute Gasteiger partial charge is 0.236 e. The monoisotopic (exact) mass is 219 g/mol. The molecule has 0 bridgehead atoms. The maximum atomic E-state index is 4.35. The van der Waals surface area contributed by atoms with Crippen molar-refractivity contribution in [3.63, 3.8) is 0 Å². The first-order valence-corrected chi connectivity index (χ1v) is 5.58. The van der Waals surface area contributed by atoms with E-state index in [9.17, 15) is 0 Å². The van der Waals surface area contributed by atoms with E-state index in [1.165, 1.54) is 11.5 Å². The molecule has 0 atom stereocenters. The van der Waals surface area contributed by atoms with Crippen molar-refractivity contribution in [1.82, 2.24) is 14.3 Å². The third-order valence-corrected chi connectivity index (χ3v) is 2.92. The van der Waals surface area contributed by atoms with Crippen LogP contribution >= 0.6 is 11.5 Å². The van der Waals surface area contributed by atoms with Gasteiger partial charge in [-0.2, -0.15) is 0 Å². The molecule has 4 heteroatoms. The van der Waals surface area contributed by atoms with E-state index in [4.69, 9.17) is 0 Å². The summed E-state index contributed by atoms with van der Waals surface area (Å²) in [6.07, 6.45) is 5.55. The topological polar surface area (TPSA) is 38.7 Å². The molecule has 0 fully saturated rings. The van der Waals surface area contributed by atoms with Crippen molar-refractivity contribution in [2.75, 3.05) is 0 Å². The minimum Gasteiger partial charge on any atom is -0.236 e. The Morgan fingerprint density at radius 3 is 2.27 bits per heavy atom. The molecule has 78 valence electrons. The molecular formula is C11H13N3S. The Balaban J connectivity index is 2.33. The van der Waals surface area contributed by atoms with E-state index in [1.807, 2.05) is 18.5 Å². The first kappa shape index (κ1) is 10.2. The van der Waals surface area contributed by atoms with Crippen molar-refractivity contribution < 1.29 is 0 Å². The highest BCUT2D eigenvalue weighted by molar-refractivity contribution is 7.09. The lowest BCUT2D eigenvalue weighted by Gasteiger charge is -2.17. The maximum absolute atomic E-state index is 4.35. The molecule has 0 aliphatic carbocycles. The van der Waals surface area contributed by atoms with Gasteiger partial charge < -0.3 is 0 Å². The summed E-state index contributed by atoms with van der Waals surface area (Å²) in [5, 5.41) is 0. The van der Waals surface area contributed by atoms with Crippen molar-refractivity contribution in [2.45, 2.75) is 26.2 Å². The SMILES string of the molecule is CC(C)(C)c1cnc(-c2ccns2)nc1. The predicted octanol–water partition coefficient (Wildman–Crippen LogP) is 2.90. The summed E-state index contributed by atoms with van der Waals surface area (Å²) in [6.45, 7) is 6.45. The molecule has 0 saturated heterocycles. The molecule has 2 aromatic rings. The van der Waals surface area contributed by atoms with Gasteiger partial charge in [-0.3, -0.25) is 0 Å². The summed E-state index contributed by atoms with van der Waals surface area (Å²) in [5.74, 6) is 0.755. The molecule has 2 aromatic heterocycles. The van der Waals surface area contributed by atoms with Gasteiger partial charge in [0.2, 0.25) is 0 Å². The van der Waals surface area contributed by atoms with Crippen molar-refractivity contribution in [1.29, 1.82) is 0 Å². The molecule has 0 N–H and O–H groups in total. The highest BCUT2D eigenvalue weighted by atomic mass is 32.1. The second-order valence-electron chi connectivity index (χ2n) is 4.42. The summed E-state index contributed by atoms with van der Waals surface area (Å²) in [6, 6.07) is 1.93. The van der Waals surface area contributed by atoms with E-state index >= 15 is 0 Å². The van der Waals surface area contributed by atoms with Crippen molar-refractivity contribution in [2.24, 2.45) is 0 Å². The van der Waals surface area contributed by atoms with Crippen molar-refractivity contribution in [3.05, 3.63) is 30.2 Å². The highest BCUT2D eigenvalue weighted by Gasteiger charge is 2.14. The molecule has 0 amide bonds. The van der Waals surface area contributed by atoms with Crippen LogP contribution in [0, 0.1) is 0 Å². The number of aromatic nitrogens is 3. The molecule has 3 nitrogen and oxygen atoms in total. The molecule has 0 saturated carbocycles. The fraction of sp³-hybridized carbons (Fsp3) is 0.364.